The van der Waals surface area contributed by atoms with Crippen molar-refractivity contribution in [2.45, 2.75) is 58.7 Å². The van der Waals surface area contributed by atoms with Crippen LogP contribution in [0.1, 0.15) is 45.4 Å². The minimum absolute atomic E-state index is 0.255. The molecule has 1 aliphatic heterocycles. The molecule has 2 atom stereocenters. The number of likely N-dealkylation sites (tertiary alicyclic amines) is 1. The number of nitrogens with one attached hydrogen (secondary N) is 1. The summed E-state index contributed by atoms with van der Waals surface area (Å²) < 4.78 is 4.64. The predicted molar refractivity (Wildman–Crippen MR) is 93.4 cm³/mol. The highest BCUT2D eigenvalue weighted by atomic mass is 16.2. The molecule has 0 saturated carbocycles. The number of piperidine rings is 1. The average molecular weight is 334 g/mol. The lowest BCUT2D eigenvalue weighted by Gasteiger charge is -2.31. The van der Waals surface area contributed by atoms with Crippen molar-refractivity contribution in [3.8, 4) is 0 Å². The van der Waals surface area contributed by atoms with Gasteiger partial charge in [0.15, 0.2) is 17.0 Å². The minimum atomic E-state index is -0.323. The fraction of sp³-hybridized carbons (Fsp3) is 0.706. The van der Waals surface area contributed by atoms with Crippen molar-refractivity contribution in [2.24, 2.45) is 14.1 Å². The Morgan fingerprint density at radius 2 is 1.92 bits per heavy atom. The zero-order chi connectivity index (χ0) is 17.4. The lowest BCUT2D eigenvalue weighted by atomic mass is 10.0. The van der Waals surface area contributed by atoms with Crippen molar-refractivity contribution >= 4 is 11.2 Å². The van der Waals surface area contributed by atoms with Crippen LogP contribution in [0.4, 0.5) is 0 Å². The molecule has 3 rings (SSSR count). The summed E-state index contributed by atoms with van der Waals surface area (Å²) >= 11 is 0. The smallest absolute Gasteiger partial charge is 0.326 e. The van der Waals surface area contributed by atoms with Gasteiger partial charge in [0, 0.05) is 20.6 Å². The fourth-order valence-electron chi connectivity index (χ4n) is 4.05. The van der Waals surface area contributed by atoms with Crippen LogP contribution in [-0.4, -0.2) is 31.3 Å². The van der Waals surface area contributed by atoms with E-state index in [1.165, 1.54) is 41.9 Å². The van der Waals surface area contributed by atoms with Gasteiger partial charge in [0.2, 0.25) is 0 Å². The maximum absolute atomic E-state index is 12.6. The highest BCUT2D eigenvalue weighted by Crippen LogP contribution is 2.12. The second kappa shape index (κ2) is 6.55. The average Bonchev–Trinajstić information content (AvgIpc) is 2.97. The quantitative estimate of drug-likeness (QED) is 0.842. The summed E-state index contributed by atoms with van der Waals surface area (Å²) in [6.07, 6.45) is 4.99. The Balaban J connectivity index is 2.12. The highest BCUT2D eigenvalue weighted by Gasteiger charge is 2.27. The maximum atomic E-state index is 12.6. The van der Waals surface area contributed by atoms with E-state index in [0.29, 0.717) is 23.8 Å². The summed E-state index contributed by atoms with van der Waals surface area (Å²) in [6.45, 7) is 6.93. The fourth-order valence-corrected chi connectivity index (χ4v) is 4.05. The number of aryl methyl sites for hydroxylation is 2. The van der Waals surface area contributed by atoms with Gasteiger partial charge in [-0.3, -0.25) is 13.9 Å². The van der Waals surface area contributed by atoms with Gasteiger partial charge in [-0.05, 0) is 32.6 Å². The molecule has 0 spiro atoms. The van der Waals surface area contributed by atoms with Crippen molar-refractivity contribution in [3.05, 3.63) is 26.7 Å². The van der Waals surface area contributed by atoms with Crippen LogP contribution in [0, 0.1) is 0 Å². The Morgan fingerprint density at radius 3 is 2.58 bits per heavy atom. The SMILES string of the molecule is CC[C@H]1CCCC[NH+]1Cc1nc2c(c(=O)n(C)c(=O)n2C)n1CC. The van der Waals surface area contributed by atoms with Gasteiger partial charge < -0.3 is 9.47 Å². The number of imidazole rings is 1. The summed E-state index contributed by atoms with van der Waals surface area (Å²) in [7, 11) is 3.21. The first kappa shape index (κ1) is 17.0. The van der Waals surface area contributed by atoms with Crippen LogP contribution < -0.4 is 16.1 Å². The van der Waals surface area contributed by atoms with E-state index < -0.39 is 0 Å². The van der Waals surface area contributed by atoms with Gasteiger partial charge >= 0.3 is 5.69 Å². The Bertz CT molecular complexity index is 860. The molecule has 1 N–H and O–H groups in total. The normalized spacial score (nSPS) is 21.5. The van der Waals surface area contributed by atoms with Crippen LogP contribution in [0.2, 0.25) is 0 Å². The molecule has 0 bridgehead atoms. The summed E-state index contributed by atoms with van der Waals surface area (Å²) in [5.74, 6) is 0.918. The van der Waals surface area contributed by atoms with Gasteiger partial charge in [-0.25, -0.2) is 9.78 Å². The highest BCUT2D eigenvalue weighted by molar-refractivity contribution is 5.71. The second-order valence-corrected chi connectivity index (χ2v) is 6.84. The van der Waals surface area contributed by atoms with Gasteiger partial charge in [0.1, 0.15) is 6.54 Å². The molecule has 1 aliphatic rings. The Labute approximate surface area is 141 Å². The molecule has 0 aliphatic carbocycles. The number of rotatable bonds is 4. The van der Waals surface area contributed by atoms with Crippen molar-refractivity contribution in [3.63, 3.8) is 0 Å². The van der Waals surface area contributed by atoms with E-state index >= 15 is 0 Å². The standard InChI is InChI=1S/C17H27N5O2/c1-5-12-9-7-8-10-21(12)11-13-18-15-14(22(13)6-2)16(23)20(4)17(24)19(15)3/h12H,5-11H2,1-4H3/p+1/t12-/m0/s1. The van der Waals surface area contributed by atoms with Crippen molar-refractivity contribution < 1.29 is 4.90 Å². The molecular weight excluding hydrogens is 306 g/mol. The number of nitrogens with zero attached hydrogens (tertiary/aromatic N) is 4. The minimum Gasteiger partial charge on any atom is -0.326 e. The van der Waals surface area contributed by atoms with Crippen LogP contribution in [0.3, 0.4) is 0 Å². The van der Waals surface area contributed by atoms with Crippen LogP contribution in [0.25, 0.3) is 11.2 Å². The molecule has 0 radical (unpaired) electrons. The van der Waals surface area contributed by atoms with E-state index in [0.717, 1.165) is 18.9 Å². The van der Waals surface area contributed by atoms with Gasteiger partial charge in [-0.15, -0.1) is 0 Å². The summed E-state index contributed by atoms with van der Waals surface area (Å²) in [5, 5.41) is 0. The molecule has 1 unspecified atom stereocenters. The molecule has 2 aromatic rings. The van der Waals surface area contributed by atoms with Gasteiger partial charge in [0.25, 0.3) is 5.56 Å². The monoisotopic (exact) mass is 334 g/mol. The first-order valence-corrected chi connectivity index (χ1v) is 8.99. The molecule has 3 heterocycles. The molecule has 7 nitrogen and oxygen atoms in total. The van der Waals surface area contributed by atoms with Gasteiger partial charge in [0.05, 0.1) is 12.6 Å². The predicted octanol–water partition coefficient (Wildman–Crippen LogP) is -0.199. The van der Waals surface area contributed by atoms with Crippen molar-refractivity contribution in [1.29, 1.82) is 0 Å². The molecule has 132 valence electrons. The zero-order valence-corrected chi connectivity index (χ0v) is 15.1. The topological polar surface area (TPSA) is 66.3 Å². The van der Waals surface area contributed by atoms with Gasteiger partial charge in [-0.1, -0.05) is 6.92 Å². The molecule has 1 fully saturated rings. The first-order chi connectivity index (χ1) is 11.5. The summed E-state index contributed by atoms with van der Waals surface area (Å²) in [4.78, 5) is 31.0. The molecule has 0 aromatic carbocycles. The Morgan fingerprint density at radius 1 is 1.17 bits per heavy atom. The van der Waals surface area contributed by atoms with Crippen molar-refractivity contribution in [1.82, 2.24) is 18.7 Å². The number of hydrogen-bond acceptors (Lipinski definition) is 3. The summed E-state index contributed by atoms with van der Waals surface area (Å²) in [6, 6.07) is 0.663. The molecule has 0 amide bonds. The number of hydrogen-bond donors (Lipinski definition) is 1. The molecule has 24 heavy (non-hydrogen) atoms. The third-order valence-corrected chi connectivity index (χ3v) is 5.50. The number of fused-ring (bicyclic) bond motifs is 1. The van der Waals surface area contributed by atoms with Crippen molar-refractivity contribution in [2.75, 3.05) is 6.54 Å². The molecule has 1 saturated heterocycles. The van der Waals surface area contributed by atoms with E-state index in [-0.39, 0.29) is 11.2 Å². The van der Waals surface area contributed by atoms with Crippen LogP contribution in [0.15, 0.2) is 9.59 Å². The number of aromatic nitrogens is 4. The largest absolute Gasteiger partial charge is 0.332 e. The first-order valence-electron chi connectivity index (χ1n) is 8.99. The molecular formula is C17H28N5O2+. The van der Waals surface area contributed by atoms with E-state index in [9.17, 15) is 9.59 Å². The molecule has 2 aromatic heterocycles. The third-order valence-electron chi connectivity index (χ3n) is 5.50. The maximum Gasteiger partial charge on any atom is 0.332 e. The van der Waals surface area contributed by atoms with Crippen LogP contribution in [-0.2, 0) is 27.2 Å². The Hall–Kier alpha value is -1.89. The number of quaternary nitrogens is 1. The van der Waals surface area contributed by atoms with E-state index in [1.54, 1.807) is 11.9 Å². The third kappa shape index (κ3) is 2.60. The van der Waals surface area contributed by atoms with Crippen LogP contribution >= 0.6 is 0 Å². The van der Waals surface area contributed by atoms with E-state index in [4.69, 9.17) is 4.98 Å². The van der Waals surface area contributed by atoms with E-state index in [1.807, 2.05) is 11.5 Å². The van der Waals surface area contributed by atoms with Gasteiger partial charge in [-0.2, -0.15) is 0 Å². The van der Waals surface area contributed by atoms with Crippen LogP contribution in [0.5, 0.6) is 0 Å². The lowest BCUT2D eigenvalue weighted by molar-refractivity contribution is -0.944. The molecule has 7 heteroatoms. The second-order valence-electron chi connectivity index (χ2n) is 6.84. The zero-order valence-electron chi connectivity index (χ0n) is 15.1. The summed E-state index contributed by atoms with van der Waals surface area (Å²) in [5.41, 5.74) is 0.469. The van der Waals surface area contributed by atoms with E-state index in [2.05, 4.69) is 6.92 Å². The lowest BCUT2D eigenvalue weighted by Crippen LogP contribution is -3.15. The Kier molecular flexibility index (Phi) is 4.62.